The van der Waals surface area contributed by atoms with E-state index in [1.54, 1.807) is 16.0 Å². The molecule has 1 amide bonds. The molecule has 120 valence electrons. The highest BCUT2D eigenvalue weighted by Gasteiger charge is 2.14. The van der Waals surface area contributed by atoms with E-state index < -0.39 is 0 Å². The summed E-state index contributed by atoms with van der Waals surface area (Å²) in [6, 6.07) is 5.93. The minimum Gasteiger partial charge on any atom is -0.311 e. The van der Waals surface area contributed by atoms with Crippen LogP contribution in [0.15, 0.2) is 29.0 Å². The first-order chi connectivity index (χ1) is 11.2. The van der Waals surface area contributed by atoms with Gasteiger partial charge < -0.3 is 5.32 Å². The zero-order valence-corrected chi connectivity index (χ0v) is 14.7. The zero-order valence-electron chi connectivity index (χ0n) is 13.1. The van der Waals surface area contributed by atoms with Crippen molar-refractivity contribution in [2.45, 2.75) is 33.1 Å². The molecule has 0 aliphatic carbocycles. The van der Waals surface area contributed by atoms with E-state index in [-0.39, 0.29) is 5.91 Å². The predicted molar refractivity (Wildman–Crippen MR) is 95.4 cm³/mol. The van der Waals surface area contributed by atoms with Crippen LogP contribution in [0.2, 0.25) is 0 Å². The highest BCUT2D eigenvalue weighted by atomic mass is 32.1. The molecule has 5 nitrogen and oxygen atoms in total. The average Bonchev–Trinajstić information content (AvgIpc) is 3.24. The first kappa shape index (κ1) is 15.9. The molecule has 0 saturated carbocycles. The van der Waals surface area contributed by atoms with Crippen LogP contribution in [0.4, 0.5) is 5.82 Å². The molecule has 0 bridgehead atoms. The molecule has 3 heterocycles. The molecule has 3 aromatic rings. The van der Waals surface area contributed by atoms with Crippen molar-refractivity contribution in [1.29, 1.82) is 0 Å². The molecule has 1 N–H and O–H groups in total. The van der Waals surface area contributed by atoms with Gasteiger partial charge in [0.05, 0.1) is 16.3 Å². The molecule has 0 atom stereocenters. The first-order valence-corrected chi connectivity index (χ1v) is 9.29. The second kappa shape index (κ2) is 7.06. The first-order valence-electron chi connectivity index (χ1n) is 7.53. The number of rotatable bonds is 6. The van der Waals surface area contributed by atoms with Gasteiger partial charge in [0.15, 0.2) is 0 Å². The molecule has 3 rings (SSSR count). The molecule has 0 radical (unpaired) electrons. The van der Waals surface area contributed by atoms with Crippen LogP contribution in [-0.4, -0.2) is 20.7 Å². The second-order valence-corrected chi connectivity index (χ2v) is 7.01. The van der Waals surface area contributed by atoms with Crippen LogP contribution >= 0.6 is 22.7 Å². The summed E-state index contributed by atoms with van der Waals surface area (Å²) in [5.74, 6) is 0.693. The van der Waals surface area contributed by atoms with Crippen molar-refractivity contribution in [3.8, 4) is 15.7 Å². The Bertz CT molecular complexity index is 789. The largest absolute Gasteiger partial charge is 0.311 e. The quantitative estimate of drug-likeness (QED) is 0.715. The maximum absolute atomic E-state index is 12.0. The summed E-state index contributed by atoms with van der Waals surface area (Å²) in [5, 5.41) is 12.2. The van der Waals surface area contributed by atoms with E-state index in [0.717, 1.165) is 34.2 Å². The minimum atomic E-state index is 0.0167. The zero-order chi connectivity index (χ0) is 16.2. The van der Waals surface area contributed by atoms with Gasteiger partial charge in [-0.25, -0.2) is 4.98 Å². The topological polar surface area (TPSA) is 59.8 Å². The van der Waals surface area contributed by atoms with Gasteiger partial charge in [0.1, 0.15) is 5.82 Å². The lowest BCUT2D eigenvalue weighted by atomic mass is 10.2. The molecular formula is C16H18N4OS2. The summed E-state index contributed by atoms with van der Waals surface area (Å²) < 4.78 is 1.71. The monoisotopic (exact) mass is 346 g/mol. The van der Waals surface area contributed by atoms with Gasteiger partial charge in [-0.05, 0) is 24.8 Å². The highest BCUT2D eigenvalue weighted by molar-refractivity contribution is 7.15. The van der Waals surface area contributed by atoms with E-state index in [1.165, 1.54) is 11.3 Å². The maximum Gasteiger partial charge on any atom is 0.225 e. The number of thiazole rings is 1. The third kappa shape index (κ3) is 3.68. The van der Waals surface area contributed by atoms with Gasteiger partial charge in [0.2, 0.25) is 11.0 Å². The number of unbranched alkanes of at least 4 members (excludes halogenated alkanes) is 1. The summed E-state index contributed by atoms with van der Waals surface area (Å²) in [5.41, 5.74) is 1.79. The van der Waals surface area contributed by atoms with Gasteiger partial charge in [-0.3, -0.25) is 4.79 Å². The fourth-order valence-corrected chi connectivity index (χ4v) is 3.72. The van der Waals surface area contributed by atoms with Crippen molar-refractivity contribution >= 4 is 34.4 Å². The number of anilines is 1. The number of nitrogens with one attached hydrogen (secondary N) is 1. The Hall–Kier alpha value is -1.99. The van der Waals surface area contributed by atoms with E-state index in [2.05, 4.69) is 22.3 Å². The van der Waals surface area contributed by atoms with Crippen LogP contribution in [0.25, 0.3) is 15.7 Å². The lowest BCUT2D eigenvalue weighted by Gasteiger charge is -2.06. The van der Waals surface area contributed by atoms with E-state index in [1.807, 2.05) is 35.9 Å². The van der Waals surface area contributed by atoms with Gasteiger partial charge in [0.25, 0.3) is 0 Å². The van der Waals surface area contributed by atoms with E-state index in [4.69, 9.17) is 0 Å². The smallest absolute Gasteiger partial charge is 0.225 e. The number of thiophene rings is 1. The summed E-state index contributed by atoms with van der Waals surface area (Å²) in [4.78, 5) is 17.8. The van der Waals surface area contributed by atoms with Gasteiger partial charge >= 0.3 is 0 Å². The Balaban J connectivity index is 1.84. The molecule has 0 aliphatic heterocycles. The summed E-state index contributed by atoms with van der Waals surface area (Å²) in [7, 11) is 0. The number of nitrogens with zero attached hydrogens (tertiary/aromatic N) is 3. The normalized spacial score (nSPS) is 10.9. The Morgan fingerprint density at radius 1 is 1.39 bits per heavy atom. The number of hydrogen-bond acceptors (Lipinski definition) is 5. The van der Waals surface area contributed by atoms with E-state index >= 15 is 0 Å². The van der Waals surface area contributed by atoms with Gasteiger partial charge in [0, 0.05) is 17.9 Å². The molecular weight excluding hydrogens is 328 g/mol. The molecule has 23 heavy (non-hydrogen) atoms. The maximum atomic E-state index is 12.0. The number of aromatic nitrogens is 3. The van der Waals surface area contributed by atoms with Crippen LogP contribution in [0.5, 0.6) is 0 Å². The molecule has 0 unspecified atom stereocenters. The molecule has 0 aromatic carbocycles. The number of carbonyl (C=O) groups is 1. The van der Waals surface area contributed by atoms with Crippen molar-refractivity contribution in [2.24, 2.45) is 0 Å². The Morgan fingerprint density at radius 3 is 3.00 bits per heavy atom. The molecule has 0 spiro atoms. The highest BCUT2D eigenvalue weighted by Crippen LogP contribution is 2.29. The summed E-state index contributed by atoms with van der Waals surface area (Å²) in [6.07, 6.45) is 2.42. The summed E-state index contributed by atoms with van der Waals surface area (Å²) in [6.45, 7) is 3.98. The predicted octanol–water partition coefficient (Wildman–Crippen LogP) is 4.49. The lowest BCUT2D eigenvalue weighted by molar-refractivity contribution is -0.116. The number of aryl methyl sites for hydroxylation is 1. The van der Waals surface area contributed by atoms with Crippen LogP contribution in [0.3, 0.4) is 0 Å². The number of amides is 1. The summed E-state index contributed by atoms with van der Waals surface area (Å²) >= 11 is 3.18. The molecule has 0 aliphatic rings. The van der Waals surface area contributed by atoms with Crippen LogP contribution < -0.4 is 5.32 Å². The van der Waals surface area contributed by atoms with Gasteiger partial charge in [-0.15, -0.1) is 22.7 Å². The molecule has 0 fully saturated rings. The lowest BCUT2D eigenvalue weighted by Crippen LogP contribution is -2.14. The Labute approximate surface area is 143 Å². The Morgan fingerprint density at radius 2 is 2.26 bits per heavy atom. The number of carbonyl (C=O) groups excluding carboxylic acids is 1. The minimum absolute atomic E-state index is 0.0167. The van der Waals surface area contributed by atoms with Crippen molar-refractivity contribution in [3.63, 3.8) is 0 Å². The third-order valence-corrected chi connectivity index (χ3v) is 5.01. The van der Waals surface area contributed by atoms with Gasteiger partial charge in [-0.1, -0.05) is 19.4 Å². The molecule has 3 aromatic heterocycles. The van der Waals surface area contributed by atoms with E-state index in [9.17, 15) is 4.79 Å². The second-order valence-electron chi connectivity index (χ2n) is 5.23. The SMILES string of the molecule is CCCCC(=O)Nc1cc(C)nn1-c1nc(-c2cccs2)cs1. The molecule has 0 saturated heterocycles. The fourth-order valence-electron chi connectivity index (χ4n) is 2.18. The van der Waals surface area contributed by atoms with Gasteiger partial charge in [-0.2, -0.15) is 9.78 Å². The van der Waals surface area contributed by atoms with Crippen LogP contribution in [0.1, 0.15) is 31.9 Å². The van der Waals surface area contributed by atoms with Crippen molar-refractivity contribution < 1.29 is 4.79 Å². The van der Waals surface area contributed by atoms with Crippen LogP contribution in [0, 0.1) is 6.92 Å². The van der Waals surface area contributed by atoms with Crippen molar-refractivity contribution in [2.75, 3.05) is 5.32 Å². The Kier molecular flexibility index (Phi) is 4.88. The van der Waals surface area contributed by atoms with Crippen molar-refractivity contribution in [1.82, 2.24) is 14.8 Å². The molecule has 7 heteroatoms. The number of hydrogen-bond donors (Lipinski definition) is 1. The van der Waals surface area contributed by atoms with E-state index in [0.29, 0.717) is 12.2 Å². The standard InChI is InChI=1S/C16H18N4OS2/c1-3-4-7-15(21)18-14-9-11(2)19-20(14)16-17-12(10-23-16)13-6-5-8-22-13/h5-6,8-10H,3-4,7H2,1-2H3,(H,18,21). The average molecular weight is 346 g/mol. The van der Waals surface area contributed by atoms with Crippen LogP contribution in [-0.2, 0) is 4.79 Å². The van der Waals surface area contributed by atoms with Crippen molar-refractivity contribution in [3.05, 3.63) is 34.7 Å². The fraction of sp³-hybridized carbons (Fsp3) is 0.312. The third-order valence-electron chi connectivity index (χ3n) is 3.30.